The Morgan fingerprint density at radius 1 is 1.42 bits per heavy atom. The van der Waals surface area contributed by atoms with Crippen molar-refractivity contribution < 1.29 is 13.6 Å². The molecule has 5 heteroatoms. The summed E-state index contributed by atoms with van der Waals surface area (Å²) in [5.74, 6) is 0. The minimum Gasteiger partial charge on any atom is -0.306 e. The predicted octanol–water partition coefficient (Wildman–Crippen LogP) is 3.51. The normalized spacial score (nSPS) is 13.5. The highest BCUT2D eigenvalue weighted by Crippen LogP contribution is 2.55. The third-order valence-corrected chi connectivity index (χ3v) is 4.42. The molecule has 0 aliphatic rings. The van der Waals surface area contributed by atoms with E-state index in [1.807, 2.05) is 0 Å². The fourth-order valence-electron chi connectivity index (χ4n) is 0.641. The molecule has 0 aromatic heterocycles. The standard InChI is InChI=1S/C7H14BrO3P/c1-4-10-12(9,11-5-2)7(3)6-8/h6H,4-5H2,1-3H3/b7-6+. The molecule has 0 aromatic rings. The van der Waals surface area contributed by atoms with E-state index in [2.05, 4.69) is 15.9 Å². The molecule has 0 aromatic carbocycles. The highest BCUT2D eigenvalue weighted by atomic mass is 79.9. The predicted molar refractivity (Wildman–Crippen MR) is 53.5 cm³/mol. The molecule has 0 heterocycles. The first-order valence-corrected chi connectivity index (χ1v) is 6.23. The van der Waals surface area contributed by atoms with E-state index in [9.17, 15) is 4.57 Å². The van der Waals surface area contributed by atoms with Gasteiger partial charge in [-0.1, -0.05) is 15.9 Å². The first-order chi connectivity index (χ1) is 5.60. The molecule has 12 heavy (non-hydrogen) atoms. The van der Waals surface area contributed by atoms with Gasteiger partial charge in [-0.25, -0.2) is 0 Å². The molecular formula is C7H14BrO3P. The second-order valence-corrected chi connectivity index (χ2v) is 4.76. The lowest BCUT2D eigenvalue weighted by molar-refractivity contribution is 0.226. The van der Waals surface area contributed by atoms with Crippen LogP contribution in [-0.2, 0) is 13.6 Å². The summed E-state index contributed by atoms with van der Waals surface area (Å²) >= 11 is 3.10. The molecule has 0 radical (unpaired) electrons. The molecule has 0 unspecified atom stereocenters. The summed E-state index contributed by atoms with van der Waals surface area (Å²) in [6, 6.07) is 0. The topological polar surface area (TPSA) is 35.5 Å². The van der Waals surface area contributed by atoms with Crippen LogP contribution in [0.3, 0.4) is 0 Å². The Balaban J connectivity index is 4.50. The average molecular weight is 257 g/mol. The van der Waals surface area contributed by atoms with E-state index in [0.29, 0.717) is 18.5 Å². The summed E-state index contributed by atoms with van der Waals surface area (Å²) in [4.78, 5) is 1.57. The molecule has 0 atom stereocenters. The van der Waals surface area contributed by atoms with Crippen molar-refractivity contribution in [2.45, 2.75) is 20.8 Å². The largest absolute Gasteiger partial charge is 0.357 e. The number of allylic oxidation sites excluding steroid dienone is 1. The van der Waals surface area contributed by atoms with E-state index >= 15 is 0 Å². The van der Waals surface area contributed by atoms with Gasteiger partial charge in [-0.05, 0) is 25.8 Å². The van der Waals surface area contributed by atoms with E-state index in [1.165, 1.54) is 0 Å². The summed E-state index contributed by atoms with van der Waals surface area (Å²) < 4.78 is 21.9. The lowest BCUT2D eigenvalue weighted by atomic mass is 10.8. The minimum absolute atomic E-state index is 0.384. The summed E-state index contributed by atoms with van der Waals surface area (Å²) in [6.45, 7) is 6.05. The third-order valence-electron chi connectivity index (χ3n) is 1.19. The lowest BCUT2D eigenvalue weighted by Crippen LogP contribution is -1.96. The van der Waals surface area contributed by atoms with Crippen LogP contribution in [0.1, 0.15) is 20.8 Å². The van der Waals surface area contributed by atoms with Gasteiger partial charge in [0.15, 0.2) is 0 Å². The van der Waals surface area contributed by atoms with Gasteiger partial charge in [-0.3, -0.25) is 4.57 Å². The number of hydrogen-bond acceptors (Lipinski definition) is 3. The van der Waals surface area contributed by atoms with Crippen LogP contribution in [0, 0.1) is 0 Å². The van der Waals surface area contributed by atoms with Crippen LogP contribution in [0.4, 0.5) is 0 Å². The molecule has 0 bridgehead atoms. The van der Waals surface area contributed by atoms with Gasteiger partial charge in [0, 0.05) is 5.31 Å². The molecule has 0 aliphatic heterocycles. The van der Waals surface area contributed by atoms with Gasteiger partial charge in [0.05, 0.1) is 13.2 Å². The highest BCUT2D eigenvalue weighted by Gasteiger charge is 2.25. The van der Waals surface area contributed by atoms with Crippen LogP contribution in [0.25, 0.3) is 0 Å². The van der Waals surface area contributed by atoms with Gasteiger partial charge >= 0.3 is 7.60 Å². The van der Waals surface area contributed by atoms with Crippen molar-refractivity contribution in [1.29, 1.82) is 0 Å². The number of rotatable bonds is 5. The van der Waals surface area contributed by atoms with Crippen LogP contribution < -0.4 is 0 Å². The SMILES string of the molecule is CCOP(=O)(OCC)/C(C)=C/Br. The second-order valence-electron chi connectivity index (χ2n) is 2.08. The smallest absolute Gasteiger partial charge is 0.306 e. The summed E-state index contributed by atoms with van der Waals surface area (Å²) in [5, 5.41) is 0.589. The Bertz CT molecular complexity index is 193. The molecular weight excluding hydrogens is 243 g/mol. The molecule has 0 rings (SSSR count). The number of halogens is 1. The Morgan fingerprint density at radius 3 is 2.08 bits per heavy atom. The Morgan fingerprint density at radius 2 is 1.83 bits per heavy atom. The van der Waals surface area contributed by atoms with E-state index < -0.39 is 7.60 Å². The van der Waals surface area contributed by atoms with Gasteiger partial charge in [0.1, 0.15) is 0 Å². The number of hydrogen-bond donors (Lipinski definition) is 0. The molecule has 0 amide bonds. The van der Waals surface area contributed by atoms with Crippen LogP contribution in [0.2, 0.25) is 0 Å². The van der Waals surface area contributed by atoms with E-state index in [1.54, 1.807) is 25.8 Å². The van der Waals surface area contributed by atoms with E-state index in [0.717, 1.165) is 0 Å². The molecule has 0 aliphatic carbocycles. The van der Waals surface area contributed by atoms with Crippen molar-refractivity contribution in [2.24, 2.45) is 0 Å². The first-order valence-electron chi connectivity index (χ1n) is 3.77. The fourth-order valence-corrected chi connectivity index (χ4v) is 2.67. The molecule has 72 valence electrons. The fraction of sp³-hybridized carbons (Fsp3) is 0.714. The van der Waals surface area contributed by atoms with Gasteiger partial charge in [-0.15, -0.1) is 0 Å². The van der Waals surface area contributed by atoms with Crippen LogP contribution in [-0.4, -0.2) is 13.2 Å². The first kappa shape index (κ1) is 12.4. The van der Waals surface area contributed by atoms with Crippen molar-refractivity contribution in [3.8, 4) is 0 Å². The second kappa shape index (κ2) is 5.92. The molecule has 0 saturated heterocycles. The molecule has 0 N–H and O–H groups in total. The van der Waals surface area contributed by atoms with Gasteiger partial charge in [0.2, 0.25) is 0 Å². The molecule has 0 saturated carbocycles. The summed E-state index contributed by atoms with van der Waals surface area (Å²) in [6.07, 6.45) is 0. The van der Waals surface area contributed by atoms with Crippen LogP contribution in [0.15, 0.2) is 10.3 Å². The van der Waals surface area contributed by atoms with Crippen molar-refractivity contribution in [2.75, 3.05) is 13.2 Å². The van der Waals surface area contributed by atoms with E-state index in [4.69, 9.17) is 9.05 Å². The van der Waals surface area contributed by atoms with Crippen molar-refractivity contribution >= 4 is 23.5 Å². The maximum absolute atomic E-state index is 11.8. The zero-order valence-electron chi connectivity index (χ0n) is 7.54. The van der Waals surface area contributed by atoms with Crippen molar-refractivity contribution in [3.63, 3.8) is 0 Å². The van der Waals surface area contributed by atoms with Crippen molar-refractivity contribution in [3.05, 3.63) is 10.3 Å². The average Bonchev–Trinajstić information content (AvgIpc) is 2.04. The Kier molecular flexibility index (Phi) is 6.10. The lowest BCUT2D eigenvalue weighted by Gasteiger charge is -2.16. The van der Waals surface area contributed by atoms with E-state index in [-0.39, 0.29) is 0 Å². The van der Waals surface area contributed by atoms with Crippen molar-refractivity contribution in [1.82, 2.24) is 0 Å². The highest BCUT2D eigenvalue weighted by molar-refractivity contribution is 9.11. The maximum atomic E-state index is 11.8. The third kappa shape index (κ3) is 3.40. The zero-order chi connectivity index (χ0) is 9.61. The van der Waals surface area contributed by atoms with Gasteiger partial charge < -0.3 is 9.05 Å². The maximum Gasteiger partial charge on any atom is 0.357 e. The molecule has 3 nitrogen and oxygen atoms in total. The van der Waals surface area contributed by atoms with Crippen LogP contribution in [0.5, 0.6) is 0 Å². The minimum atomic E-state index is -3.00. The summed E-state index contributed by atoms with van der Waals surface area (Å²) in [5.41, 5.74) is 0. The summed E-state index contributed by atoms with van der Waals surface area (Å²) in [7, 11) is -3.00. The molecule has 0 fully saturated rings. The van der Waals surface area contributed by atoms with Crippen LogP contribution >= 0.6 is 23.5 Å². The monoisotopic (exact) mass is 256 g/mol. The quantitative estimate of drug-likeness (QED) is 0.707. The Labute approximate surface area is 81.8 Å². The van der Waals surface area contributed by atoms with Gasteiger partial charge in [0.25, 0.3) is 0 Å². The zero-order valence-corrected chi connectivity index (χ0v) is 10.0. The molecule has 0 spiro atoms. The van der Waals surface area contributed by atoms with Gasteiger partial charge in [-0.2, -0.15) is 0 Å². The Hall–Kier alpha value is 0.370.